The minimum atomic E-state index is -0.233. The zero-order valence-corrected chi connectivity index (χ0v) is 13.1. The van der Waals surface area contributed by atoms with E-state index in [1.807, 2.05) is 18.2 Å². The summed E-state index contributed by atoms with van der Waals surface area (Å²) in [6, 6.07) is 13.6. The van der Waals surface area contributed by atoms with Gasteiger partial charge in [-0.25, -0.2) is 4.39 Å². The second-order valence-electron chi connectivity index (χ2n) is 5.19. The van der Waals surface area contributed by atoms with Gasteiger partial charge in [0.05, 0.1) is 4.47 Å². The first-order valence-corrected chi connectivity index (χ1v) is 7.76. The van der Waals surface area contributed by atoms with Crippen molar-refractivity contribution < 1.29 is 4.39 Å². The molecular weight excluding hydrogens is 341 g/mol. The fourth-order valence-electron chi connectivity index (χ4n) is 2.56. The SMILES string of the molecule is Fc1cc(NC2CC(c3ccc(Cl)cc3)C2)ccc1Br. The summed E-state index contributed by atoms with van der Waals surface area (Å²) in [5, 5.41) is 4.14. The van der Waals surface area contributed by atoms with E-state index in [1.54, 1.807) is 6.07 Å². The number of anilines is 1. The van der Waals surface area contributed by atoms with E-state index in [1.165, 1.54) is 11.6 Å². The maximum Gasteiger partial charge on any atom is 0.139 e. The predicted molar refractivity (Wildman–Crippen MR) is 84.9 cm³/mol. The summed E-state index contributed by atoms with van der Waals surface area (Å²) in [6.07, 6.45) is 2.14. The molecule has 1 N–H and O–H groups in total. The summed E-state index contributed by atoms with van der Waals surface area (Å²) in [5.41, 5.74) is 2.17. The van der Waals surface area contributed by atoms with Crippen LogP contribution in [0.25, 0.3) is 0 Å². The van der Waals surface area contributed by atoms with Crippen LogP contribution in [0.1, 0.15) is 24.3 Å². The molecular formula is C16H14BrClFN. The van der Waals surface area contributed by atoms with Crippen LogP contribution in [0.15, 0.2) is 46.9 Å². The lowest BCUT2D eigenvalue weighted by molar-refractivity contribution is 0.374. The first-order valence-electron chi connectivity index (χ1n) is 6.59. The van der Waals surface area contributed by atoms with Crippen molar-refractivity contribution in [2.24, 2.45) is 0 Å². The Hall–Kier alpha value is -1.06. The number of hydrogen-bond acceptors (Lipinski definition) is 1. The van der Waals surface area contributed by atoms with Crippen LogP contribution in [-0.4, -0.2) is 6.04 Å². The number of benzene rings is 2. The van der Waals surface area contributed by atoms with Gasteiger partial charge in [0.15, 0.2) is 0 Å². The van der Waals surface area contributed by atoms with Gasteiger partial charge in [-0.1, -0.05) is 23.7 Å². The van der Waals surface area contributed by atoms with E-state index in [0.29, 0.717) is 16.4 Å². The molecule has 3 rings (SSSR count). The number of halogens is 3. The van der Waals surface area contributed by atoms with Crippen LogP contribution in [-0.2, 0) is 0 Å². The van der Waals surface area contributed by atoms with Gasteiger partial charge in [-0.15, -0.1) is 0 Å². The quantitative estimate of drug-likeness (QED) is 0.756. The average molecular weight is 355 g/mol. The van der Waals surface area contributed by atoms with Crippen molar-refractivity contribution in [3.8, 4) is 0 Å². The minimum Gasteiger partial charge on any atom is -0.382 e. The van der Waals surface area contributed by atoms with Gasteiger partial charge in [0.25, 0.3) is 0 Å². The van der Waals surface area contributed by atoms with Crippen molar-refractivity contribution in [2.45, 2.75) is 24.8 Å². The van der Waals surface area contributed by atoms with Crippen molar-refractivity contribution in [3.05, 3.63) is 63.3 Å². The van der Waals surface area contributed by atoms with Crippen LogP contribution >= 0.6 is 27.5 Å². The van der Waals surface area contributed by atoms with Crippen molar-refractivity contribution in [1.29, 1.82) is 0 Å². The van der Waals surface area contributed by atoms with Gasteiger partial charge >= 0.3 is 0 Å². The molecule has 104 valence electrons. The van der Waals surface area contributed by atoms with E-state index >= 15 is 0 Å². The highest BCUT2D eigenvalue weighted by Crippen LogP contribution is 2.39. The molecule has 1 saturated carbocycles. The fourth-order valence-corrected chi connectivity index (χ4v) is 2.94. The molecule has 0 unspecified atom stereocenters. The highest BCUT2D eigenvalue weighted by atomic mass is 79.9. The van der Waals surface area contributed by atoms with Crippen molar-refractivity contribution in [1.82, 2.24) is 0 Å². The number of rotatable bonds is 3. The van der Waals surface area contributed by atoms with E-state index in [4.69, 9.17) is 11.6 Å². The van der Waals surface area contributed by atoms with E-state index < -0.39 is 0 Å². The summed E-state index contributed by atoms with van der Waals surface area (Å²) in [6.45, 7) is 0. The molecule has 20 heavy (non-hydrogen) atoms. The average Bonchev–Trinajstić information content (AvgIpc) is 2.39. The molecule has 2 aromatic carbocycles. The third-order valence-corrected chi connectivity index (χ3v) is 4.66. The Kier molecular flexibility index (Phi) is 3.99. The molecule has 0 amide bonds. The molecule has 0 radical (unpaired) electrons. The topological polar surface area (TPSA) is 12.0 Å². The summed E-state index contributed by atoms with van der Waals surface area (Å²) >= 11 is 9.05. The molecule has 0 atom stereocenters. The normalized spacial score (nSPS) is 21.4. The molecule has 4 heteroatoms. The highest BCUT2D eigenvalue weighted by Gasteiger charge is 2.30. The Balaban J connectivity index is 1.58. The zero-order chi connectivity index (χ0) is 14.1. The molecule has 0 aromatic heterocycles. The molecule has 0 saturated heterocycles. The summed E-state index contributed by atoms with van der Waals surface area (Å²) in [7, 11) is 0. The molecule has 0 aliphatic heterocycles. The van der Waals surface area contributed by atoms with Crippen molar-refractivity contribution >= 4 is 33.2 Å². The largest absolute Gasteiger partial charge is 0.382 e. The van der Waals surface area contributed by atoms with Gasteiger partial charge in [-0.05, 0) is 70.6 Å². The Labute approximate surface area is 131 Å². The van der Waals surface area contributed by atoms with Crippen LogP contribution in [0.2, 0.25) is 5.02 Å². The van der Waals surface area contributed by atoms with Crippen molar-refractivity contribution in [2.75, 3.05) is 5.32 Å². The maximum absolute atomic E-state index is 13.4. The fraction of sp³-hybridized carbons (Fsp3) is 0.250. The van der Waals surface area contributed by atoms with Gasteiger partial charge in [-0.2, -0.15) is 0 Å². The smallest absolute Gasteiger partial charge is 0.139 e. The molecule has 1 nitrogen and oxygen atoms in total. The van der Waals surface area contributed by atoms with Crippen LogP contribution in [0, 0.1) is 5.82 Å². The molecule has 1 aliphatic carbocycles. The lowest BCUT2D eigenvalue weighted by Crippen LogP contribution is -2.33. The lowest BCUT2D eigenvalue weighted by atomic mass is 9.76. The molecule has 0 heterocycles. The number of nitrogens with one attached hydrogen (secondary N) is 1. The Morgan fingerprint density at radius 2 is 1.80 bits per heavy atom. The van der Waals surface area contributed by atoms with E-state index in [9.17, 15) is 4.39 Å². The zero-order valence-electron chi connectivity index (χ0n) is 10.7. The van der Waals surface area contributed by atoms with E-state index in [0.717, 1.165) is 23.6 Å². The van der Waals surface area contributed by atoms with Gasteiger partial charge in [0.2, 0.25) is 0 Å². The Morgan fingerprint density at radius 3 is 2.45 bits per heavy atom. The van der Waals surface area contributed by atoms with Gasteiger partial charge in [0.1, 0.15) is 5.82 Å². The minimum absolute atomic E-state index is 0.233. The standard InChI is InChI=1S/C16H14BrClFN/c17-15-6-5-13(9-16(15)19)20-14-7-11(8-14)10-1-3-12(18)4-2-10/h1-6,9,11,14,20H,7-8H2. The lowest BCUT2D eigenvalue weighted by Gasteiger charge is -2.37. The van der Waals surface area contributed by atoms with Gasteiger partial charge in [0, 0.05) is 16.8 Å². The molecule has 1 fully saturated rings. The summed E-state index contributed by atoms with van der Waals surface area (Å²) in [4.78, 5) is 0. The van der Waals surface area contributed by atoms with Crippen LogP contribution in [0.4, 0.5) is 10.1 Å². The van der Waals surface area contributed by atoms with E-state index in [2.05, 4.69) is 33.4 Å². The Bertz CT molecular complexity index is 608. The van der Waals surface area contributed by atoms with E-state index in [-0.39, 0.29) is 5.82 Å². The highest BCUT2D eigenvalue weighted by molar-refractivity contribution is 9.10. The monoisotopic (exact) mass is 353 g/mol. The second-order valence-corrected chi connectivity index (χ2v) is 6.48. The second kappa shape index (κ2) is 5.74. The Morgan fingerprint density at radius 1 is 1.10 bits per heavy atom. The van der Waals surface area contributed by atoms with Gasteiger partial charge < -0.3 is 5.32 Å². The third-order valence-electron chi connectivity index (χ3n) is 3.77. The third kappa shape index (κ3) is 2.99. The van der Waals surface area contributed by atoms with Crippen molar-refractivity contribution in [3.63, 3.8) is 0 Å². The molecule has 1 aliphatic rings. The maximum atomic E-state index is 13.4. The van der Waals surface area contributed by atoms with Crippen LogP contribution in [0.5, 0.6) is 0 Å². The predicted octanol–water partition coefficient (Wildman–Crippen LogP) is 5.60. The van der Waals surface area contributed by atoms with Crippen LogP contribution < -0.4 is 5.32 Å². The number of hydrogen-bond donors (Lipinski definition) is 1. The summed E-state index contributed by atoms with van der Waals surface area (Å²) < 4.78 is 13.9. The summed E-state index contributed by atoms with van der Waals surface area (Å²) in [5.74, 6) is 0.341. The first-order chi connectivity index (χ1) is 9.61. The van der Waals surface area contributed by atoms with Crippen LogP contribution in [0.3, 0.4) is 0 Å². The first kappa shape index (κ1) is 13.9. The molecule has 2 aromatic rings. The van der Waals surface area contributed by atoms with Gasteiger partial charge in [-0.3, -0.25) is 0 Å². The molecule has 0 spiro atoms. The molecule has 0 bridgehead atoms.